The molecule has 0 amide bonds. The highest BCUT2D eigenvalue weighted by Gasteiger charge is 2.33. The summed E-state index contributed by atoms with van der Waals surface area (Å²) < 4.78 is 16.7. The molecule has 1 aliphatic rings. The third-order valence-corrected chi connectivity index (χ3v) is 3.66. The van der Waals surface area contributed by atoms with Crippen LogP contribution in [0.3, 0.4) is 0 Å². The monoisotopic (exact) mass is 295 g/mol. The summed E-state index contributed by atoms with van der Waals surface area (Å²) in [7, 11) is 0. The summed E-state index contributed by atoms with van der Waals surface area (Å²) in [5, 5.41) is 9.94. The first-order chi connectivity index (χ1) is 10.2. The Balaban J connectivity index is 1.66. The zero-order valence-electron chi connectivity index (χ0n) is 12.4. The molecule has 5 heteroatoms. The van der Waals surface area contributed by atoms with Crippen LogP contribution in [-0.2, 0) is 20.8 Å². The van der Waals surface area contributed by atoms with Crippen LogP contribution in [0.1, 0.15) is 18.4 Å². The van der Waals surface area contributed by atoms with Crippen molar-refractivity contribution in [1.29, 1.82) is 0 Å². The lowest BCUT2D eigenvalue weighted by Gasteiger charge is -2.36. The minimum absolute atomic E-state index is 0.218. The van der Waals surface area contributed by atoms with Gasteiger partial charge >= 0.3 is 0 Å². The normalized spacial score (nSPS) is 23.9. The van der Waals surface area contributed by atoms with E-state index in [1.807, 2.05) is 30.3 Å². The molecular weight excluding hydrogens is 270 g/mol. The molecule has 0 aromatic heterocycles. The van der Waals surface area contributed by atoms with E-state index >= 15 is 0 Å². The fourth-order valence-electron chi connectivity index (χ4n) is 2.37. The Kier molecular flexibility index (Phi) is 6.60. The second-order valence-corrected chi connectivity index (χ2v) is 5.51. The molecule has 2 rings (SSSR count). The van der Waals surface area contributed by atoms with E-state index in [4.69, 9.17) is 19.9 Å². The summed E-state index contributed by atoms with van der Waals surface area (Å²) in [6.45, 7) is 2.62. The number of benzene rings is 1. The quantitative estimate of drug-likeness (QED) is 0.751. The average Bonchev–Trinajstić information content (AvgIpc) is 2.55. The molecule has 1 saturated heterocycles. The van der Waals surface area contributed by atoms with Gasteiger partial charge in [-0.05, 0) is 18.4 Å². The van der Waals surface area contributed by atoms with Crippen LogP contribution < -0.4 is 5.73 Å². The van der Waals surface area contributed by atoms with Crippen molar-refractivity contribution >= 4 is 0 Å². The van der Waals surface area contributed by atoms with Gasteiger partial charge in [-0.3, -0.25) is 0 Å². The molecule has 0 aliphatic carbocycles. The first kappa shape index (κ1) is 16.4. The fourth-order valence-corrected chi connectivity index (χ4v) is 2.37. The third-order valence-electron chi connectivity index (χ3n) is 3.66. The van der Waals surface area contributed by atoms with Gasteiger partial charge in [0.15, 0.2) is 0 Å². The maximum atomic E-state index is 9.94. The molecule has 1 heterocycles. The van der Waals surface area contributed by atoms with Gasteiger partial charge in [-0.15, -0.1) is 0 Å². The Morgan fingerprint density at radius 2 is 2.10 bits per heavy atom. The van der Waals surface area contributed by atoms with Crippen LogP contribution in [0.2, 0.25) is 0 Å². The summed E-state index contributed by atoms with van der Waals surface area (Å²) >= 11 is 0. The molecule has 21 heavy (non-hydrogen) atoms. The molecule has 1 fully saturated rings. The van der Waals surface area contributed by atoms with Crippen molar-refractivity contribution in [3.05, 3.63) is 35.9 Å². The molecular formula is C16H25NO4. The minimum atomic E-state index is -0.654. The van der Waals surface area contributed by atoms with Crippen molar-refractivity contribution in [2.24, 2.45) is 5.73 Å². The zero-order valence-corrected chi connectivity index (χ0v) is 12.4. The zero-order chi connectivity index (χ0) is 15.0. The predicted molar refractivity (Wildman–Crippen MR) is 79.9 cm³/mol. The molecule has 0 bridgehead atoms. The molecule has 5 nitrogen and oxygen atoms in total. The molecule has 2 unspecified atom stereocenters. The van der Waals surface area contributed by atoms with Gasteiger partial charge in [0.25, 0.3) is 0 Å². The molecule has 0 saturated carbocycles. The third kappa shape index (κ3) is 5.37. The molecule has 1 aromatic rings. The summed E-state index contributed by atoms with van der Waals surface area (Å²) in [6.07, 6.45) is 1.16. The second-order valence-electron chi connectivity index (χ2n) is 5.51. The Hall–Kier alpha value is -0.980. The van der Waals surface area contributed by atoms with E-state index in [0.29, 0.717) is 19.8 Å². The highest BCUT2D eigenvalue weighted by atomic mass is 16.6. The van der Waals surface area contributed by atoms with E-state index in [9.17, 15) is 5.11 Å². The number of hydrogen-bond acceptors (Lipinski definition) is 5. The van der Waals surface area contributed by atoms with Crippen molar-refractivity contribution < 1.29 is 19.3 Å². The van der Waals surface area contributed by atoms with E-state index in [1.165, 1.54) is 0 Å². The van der Waals surface area contributed by atoms with Gasteiger partial charge in [-0.2, -0.15) is 0 Å². The van der Waals surface area contributed by atoms with Crippen LogP contribution in [0.4, 0.5) is 0 Å². The van der Waals surface area contributed by atoms with Gasteiger partial charge in [0.2, 0.25) is 0 Å². The van der Waals surface area contributed by atoms with E-state index in [-0.39, 0.29) is 13.2 Å². The second kappa shape index (κ2) is 8.46. The lowest BCUT2D eigenvalue weighted by atomic mass is 9.96. The summed E-state index contributed by atoms with van der Waals surface area (Å²) in [6, 6.07) is 9.88. The van der Waals surface area contributed by atoms with Crippen LogP contribution in [0.25, 0.3) is 0 Å². The number of ether oxygens (including phenoxy) is 3. The van der Waals surface area contributed by atoms with Gasteiger partial charge in [0.1, 0.15) is 11.7 Å². The smallest absolute Gasteiger partial charge is 0.104 e. The Morgan fingerprint density at radius 3 is 2.76 bits per heavy atom. The molecule has 1 aromatic carbocycles. The van der Waals surface area contributed by atoms with Crippen molar-refractivity contribution in [2.75, 3.05) is 33.0 Å². The van der Waals surface area contributed by atoms with Gasteiger partial charge in [-0.1, -0.05) is 30.3 Å². The van der Waals surface area contributed by atoms with Crippen LogP contribution in [-0.4, -0.2) is 49.8 Å². The van der Waals surface area contributed by atoms with E-state index in [0.717, 1.165) is 25.0 Å². The van der Waals surface area contributed by atoms with Crippen LogP contribution in [0.5, 0.6) is 0 Å². The maximum absolute atomic E-state index is 9.94. The Bertz CT molecular complexity index is 393. The number of nitrogens with two attached hydrogens (primary N) is 1. The topological polar surface area (TPSA) is 73.9 Å². The largest absolute Gasteiger partial charge is 0.388 e. The molecule has 118 valence electrons. The van der Waals surface area contributed by atoms with Crippen LogP contribution in [0, 0.1) is 0 Å². The fraction of sp³-hybridized carbons (Fsp3) is 0.625. The number of rotatable bonds is 8. The standard InChI is InChI=1S/C16H25NO4/c17-12-16(7-4-8-19-13-16)21-11-15(18)10-20-9-14-5-2-1-3-6-14/h1-3,5-6,15,18H,4,7-13,17H2. The van der Waals surface area contributed by atoms with Crippen molar-refractivity contribution in [3.8, 4) is 0 Å². The Labute approximate surface area is 126 Å². The lowest BCUT2D eigenvalue weighted by molar-refractivity contribution is -0.146. The SMILES string of the molecule is NCC1(OCC(O)COCc2ccccc2)CCCOC1. The van der Waals surface area contributed by atoms with E-state index < -0.39 is 11.7 Å². The number of hydrogen-bond donors (Lipinski definition) is 2. The highest BCUT2D eigenvalue weighted by molar-refractivity contribution is 5.13. The molecule has 3 N–H and O–H groups in total. The highest BCUT2D eigenvalue weighted by Crippen LogP contribution is 2.22. The van der Waals surface area contributed by atoms with Gasteiger partial charge in [-0.25, -0.2) is 0 Å². The lowest BCUT2D eigenvalue weighted by Crippen LogP contribution is -2.49. The van der Waals surface area contributed by atoms with Crippen LogP contribution >= 0.6 is 0 Å². The van der Waals surface area contributed by atoms with Crippen LogP contribution in [0.15, 0.2) is 30.3 Å². The Morgan fingerprint density at radius 1 is 1.29 bits per heavy atom. The predicted octanol–water partition coefficient (Wildman–Crippen LogP) is 1.09. The molecule has 2 atom stereocenters. The van der Waals surface area contributed by atoms with Gasteiger partial charge < -0.3 is 25.1 Å². The summed E-state index contributed by atoms with van der Waals surface area (Å²) in [5.74, 6) is 0. The van der Waals surface area contributed by atoms with Crippen molar-refractivity contribution in [3.63, 3.8) is 0 Å². The van der Waals surface area contributed by atoms with E-state index in [1.54, 1.807) is 0 Å². The first-order valence-corrected chi connectivity index (χ1v) is 7.46. The van der Waals surface area contributed by atoms with E-state index in [2.05, 4.69) is 0 Å². The van der Waals surface area contributed by atoms with Crippen molar-refractivity contribution in [2.45, 2.75) is 31.2 Å². The summed E-state index contributed by atoms with van der Waals surface area (Å²) in [4.78, 5) is 0. The van der Waals surface area contributed by atoms with Crippen molar-refractivity contribution in [1.82, 2.24) is 0 Å². The summed E-state index contributed by atoms with van der Waals surface area (Å²) in [5.41, 5.74) is 6.42. The minimum Gasteiger partial charge on any atom is -0.388 e. The molecule has 0 radical (unpaired) electrons. The van der Waals surface area contributed by atoms with Gasteiger partial charge in [0, 0.05) is 13.2 Å². The number of aliphatic hydroxyl groups excluding tert-OH is 1. The first-order valence-electron chi connectivity index (χ1n) is 7.46. The molecule has 0 spiro atoms. The average molecular weight is 295 g/mol. The molecule has 1 aliphatic heterocycles. The van der Waals surface area contributed by atoms with Gasteiger partial charge in [0.05, 0.1) is 26.4 Å². The number of aliphatic hydroxyl groups is 1. The maximum Gasteiger partial charge on any atom is 0.104 e.